The Morgan fingerprint density at radius 3 is 2.23 bits per heavy atom. The molecule has 1 aromatic carbocycles. The third-order valence-corrected chi connectivity index (χ3v) is 2.17. The van der Waals surface area contributed by atoms with E-state index < -0.39 is 18.1 Å². The first-order valence-electron chi connectivity index (χ1n) is 5.59. The molecule has 1 rings (SSSR count). The molecule has 0 aromatic heterocycles. The summed E-state index contributed by atoms with van der Waals surface area (Å²) in [7, 11) is 1.32. The van der Waals surface area contributed by atoms with Crippen molar-refractivity contribution in [2.24, 2.45) is 5.73 Å². The average molecular weight is 321 g/mol. The molecule has 0 saturated carbocycles. The molecule has 1 aromatic rings. The van der Waals surface area contributed by atoms with E-state index in [9.17, 15) is 18.0 Å². The van der Waals surface area contributed by atoms with Crippen molar-refractivity contribution >= 4 is 23.6 Å². The summed E-state index contributed by atoms with van der Waals surface area (Å²) in [6, 6.07) is 5.02. The van der Waals surface area contributed by atoms with E-state index in [4.69, 9.17) is 21.0 Å². The summed E-state index contributed by atoms with van der Waals surface area (Å²) in [5.41, 5.74) is 7.16. The zero-order valence-corrected chi connectivity index (χ0v) is 11.6. The number of hydrogen-bond donors (Lipinski definition) is 4. The lowest BCUT2D eigenvalue weighted by Gasteiger charge is -2.08. The van der Waals surface area contributed by atoms with Crippen molar-refractivity contribution in [1.29, 1.82) is 5.41 Å². The molecule has 0 radical (unpaired) electrons. The molecular formula is C12H14F3N3O4. The van der Waals surface area contributed by atoms with E-state index in [1.54, 1.807) is 18.2 Å². The second kappa shape index (κ2) is 7.86. The van der Waals surface area contributed by atoms with Crippen molar-refractivity contribution < 1.29 is 32.6 Å². The molecular weight excluding hydrogens is 307 g/mol. The molecule has 0 heterocycles. The van der Waals surface area contributed by atoms with Gasteiger partial charge in [0.25, 0.3) is 0 Å². The Balaban J connectivity index is 0.000000534. The predicted molar refractivity (Wildman–Crippen MR) is 71.7 cm³/mol. The number of carboxylic acid groups (broad SMARTS) is 1. The number of carbonyl (C=O) groups excluding carboxylic acids is 1. The van der Waals surface area contributed by atoms with Crippen LogP contribution in [0.1, 0.15) is 15.9 Å². The minimum absolute atomic E-state index is 0.167. The molecule has 7 nitrogen and oxygen atoms in total. The molecule has 0 atom stereocenters. The first-order valence-corrected chi connectivity index (χ1v) is 5.59. The first-order chi connectivity index (χ1) is 9.98. The van der Waals surface area contributed by atoms with Crippen LogP contribution in [0.25, 0.3) is 0 Å². The van der Waals surface area contributed by atoms with E-state index >= 15 is 0 Å². The summed E-state index contributed by atoms with van der Waals surface area (Å²) in [6.07, 6.45) is -5.08. The number of nitrogens with one attached hydrogen (secondary N) is 2. The molecule has 122 valence electrons. The van der Waals surface area contributed by atoms with Crippen molar-refractivity contribution in [3.8, 4) is 0 Å². The molecule has 0 amide bonds. The molecule has 22 heavy (non-hydrogen) atoms. The number of rotatable bonds is 2. The molecule has 0 fully saturated rings. The minimum Gasteiger partial charge on any atom is -0.475 e. The van der Waals surface area contributed by atoms with Gasteiger partial charge in [-0.05, 0) is 24.6 Å². The molecule has 10 heteroatoms. The van der Waals surface area contributed by atoms with Crippen molar-refractivity contribution in [2.45, 2.75) is 13.1 Å². The molecule has 5 N–H and O–H groups in total. The highest BCUT2D eigenvalue weighted by molar-refractivity contribution is 5.94. The maximum Gasteiger partial charge on any atom is 0.490 e. The number of hydrogen-bond acceptors (Lipinski definition) is 4. The van der Waals surface area contributed by atoms with E-state index in [-0.39, 0.29) is 5.96 Å². The number of guanidine groups is 1. The van der Waals surface area contributed by atoms with Crippen LogP contribution >= 0.6 is 0 Å². The molecule has 0 spiro atoms. The molecule has 0 aliphatic rings. The van der Waals surface area contributed by atoms with Crippen LogP contribution in [0.3, 0.4) is 0 Å². The number of alkyl halides is 3. The zero-order chi connectivity index (χ0) is 17.5. The molecule has 0 aliphatic carbocycles. The molecule has 0 unspecified atom stereocenters. The lowest BCUT2D eigenvalue weighted by Crippen LogP contribution is -2.21. The van der Waals surface area contributed by atoms with Gasteiger partial charge in [-0.25, -0.2) is 9.59 Å². The predicted octanol–water partition coefficient (Wildman–Crippen LogP) is 1.72. The van der Waals surface area contributed by atoms with Gasteiger partial charge >= 0.3 is 18.1 Å². The van der Waals surface area contributed by atoms with Gasteiger partial charge in [0.15, 0.2) is 5.96 Å². The molecule has 0 bridgehead atoms. The van der Waals surface area contributed by atoms with Crippen LogP contribution in [0.5, 0.6) is 0 Å². The quantitative estimate of drug-likeness (QED) is 0.373. The fraction of sp³-hybridized carbons (Fsp3) is 0.250. The number of anilines is 1. The van der Waals surface area contributed by atoms with E-state index in [1.807, 2.05) is 6.92 Å². The third-order valence-electron chi connectivity index (χ3n) is 2.17. The van der Waals surface area contributed by atoms with Crippen LogP contribution in [0.2, 0.25) is 0 Å². The van der Waals surface area contributed by atoms with Gasteiger partial charge in [-0.15, -0.1) is 0 Å². The second-order valence-corrected chi connectivity index (χ2v) is 3.86. The van der Waals surface area contributed by atoms with E-state index in [0.717, 1.165) is 5.56 Å². The van der Waals surface area contributed by atoms with Gasteiger partial charge in [-0.2, -0.15) is 13.2 Å². The normalized spacial score (nSPS) is 10.0. The van der Waals surface area contributed by atoms with E-state index in [1.165, 1.54) is 7.11 Å². The SMILES string of the molecule is COC(=O)c1ccc(C)c(NC(=N)N)c1.O=C(O)C(F)(F)F. The number of aliphatic carboxylic acids is 1. The van der Waals surface area contributed by atoms with Crippen LogP contribution in [0.15, 0.2) is 18.2 Å². The second-order valence-electron chi connectivity index (χ2n) is 3.86. The lowest BCUT2D eigenvalue weighted by molar-refractivity contribution is -0.192. The van der Waals surface area contributed by atoms with Crippen molar-refractivity contribution in [1.82, 2.24) is 0 Å². The first kappa shape index (κ1) is 19.2. The van der Waals surface area contributed by atoms with Gasteiger partial charge in [0.1, 0.15) is 0 Å². The van der Waals surface area contributed by atoms with Gasteiger partial charge in [-0.3, -0.25) is 5.41 Å². The van der Waals surface area contributed by atoms with Gasteiger partial charge in [0.2, 0.25) is 0 Å². The number of methoxy groups -OCH3 is 1. The summed E-state index contributed by atoms with van der Waals surface area (Å²) < 4.78 is 36.3. The Hall–Kier alpha value is -2.78. The van der Waals surface area contributed by atoms with Crippen molar-refractivity contribution in [3.05, 3.63) is 29.3 Å². The summed E-state index contributed by atoms with van der Waals surface area (Å²) in [6.45, 7) is 1.85. The van der Waals surface area contributed by atoms with Crippen LogP contribution in [0, 0.1) is 12.3 Å². The summed E-state index contributed by atoms with van der Waals surface area (Å²) in [5, 5.41) is 16.9. The maximum absolute atomic E-state index is 11.2. The summed E-state index contributed by atoms with van der Waals surface area (Å²) in [5.74, 6) is -3.34. The number of aryl methyl sites for hydroxylation is 1. The van der Waals surface area contributed by atoms with Crippen LogP contribution in [0.4, 0.5) is 18.9 Å². The van der Waals surface area contributed by atoms with E-state index in [0.29, 0.717) is 11.3 Å². The van der Waals surface area contributed by atoms with Gasteiger partial charge in [0, 0.05) is 5.69 Å². The van der Waals surface area contributed by atoms with Crippen LogP contribution in [-0.4, -0.2) is 36.3 Å². The maximum atomic E-state index is 11.2. The number of esters is 1. The highest BCUT2D eigenvalue weighted by atomic mass is 19.4. The van der Waals surface area contributed by atoms with Crippen LogP contribution in [-0.2, 0) is 9.53 Å². The van der Waals surface area contributed by atoms with E-state index in [2.05, 4.69) is 10.1 Å². The third kappa shape index (κ3) is 6.59. The largest absolute Gasteiger partial charge is 0.490 e. The number of halogens is 3. The Labute approximate surface area is 123 Å². The molecule has 0 aliphatic heterocycles. The van der Waals surface area contributed by atoms with Gasteiger partial charge < -0.3 is 20.9 Å². The minimum atomic E-state index is -5.08. The Bertz CT molecular complexity index is 573. The number of carboxylic acids is 1. The monoisotopic (exact) mass is 321 g/mol. The number of nitrogens with two attached hydrogens (primary N) is 1. The Kier molecular flexibility index (Phi) is 6.87. The number of benzene rings is 1. The number of carbonyl (C=O) groups is 2. The fourth-order valence-electron chi connectivity index (χ4n) is 1.15. The highest BCUT2D eigenvalue weighted by Crippen LogP contribution is 2.17. The number of ether oxygens (including phenoxy) is 1. The zero-order valence-electron chi connectivity index (χ0n) is 11.6. The topological polar surface area (TPSA) is 126 Å². The standard InChI is InChI=1S/C10H13N3O2.C2HF3O2/c1-6-3-4-7(9(14)15-2)5-8(6)13-10(11)12;3-2(4,5)1(6)7/h3-5H,1-2H3,(H4,11,12,13);(H,6,7). The fourth-order valence-corrected chi connectivity index (χ4v) is 1.15. The Morgan fingerprint density at radius 2 is 1.86 bits per heavy atom. The highest BCUT2D eigenvalue weighted by Gasteiger charge is 2.38. The van der Waals surface area contributed by atoms with Gasteiger partial charge in [-0.1, -0.05) is 6.07 Å². The molecule has 0 saturated heterocycles. The van der Waals surface area contributed by atoms with Crippen molar-refractivity contribution in [3.63, 3.8) is 0 Å². The summed E-state index contributed by atoms with van der Waals surface area (Å²) >= 11 is 0. The summed E-state index contributed by atoms with van der Waals surface area (Å²) in [4.78, 5) is 20.1. The van der Waals surface area contributed by atoms with Gasteiger partial charge in [0.05, 0.1) is 12.7 Å². The van der Waals surface area contributed by atoms with Crippen molar-refractivity contribution in [2.75, 3.05) is 12.4 Å². The lowest BCUT2D eigenvalue weighted by atomic mass is 10.1. The smallest absolute Gasteiger partial charge is 0.475 e. The average Bonchev–Trinajstić information content (AvgIpc) is 2.39. The van der Waals surface area contributed by atoms with Crippen LogP contribution < -0.4 is 11.1 Å². The Morgan fingerprint density at radius 1 is 1.36 bits per heavy atom.